The number of ketones is 1. The zero-order valence-corrected chi connectivity index (χ0v) is 17.5. The van der Waals surface area contributed by atoms with Crippen LogP contribution in [-0.4, -0.2) is 28.4 Å². The molecule has 31 heavy (non-hydrogen) atoms. The molecule has 0 saturated carbocycles. The monoisotopic (exact) mass is 453 g/mol. The van der Waals surface area contributed by atoms with Gasteiger partial charge in [-0.05, 0) is 42.5 Å². The number of hydrogen-bond donors (Lipinski definition) is 2. The largest absolute Gasteiger partial charge is 0.507 e. The van der Waals surface area contributed by atoms with E-state index >= 15 is 0 Å². The average Bonchev–Trinajstić information content (AvgIpc) is 3.14. The van der Waals surface area contributed by atoms with Crippen LogP contribution in [0, 0.1) is 0 Å². The Bertz CT molecular complexity index is 1440. The van der Waals surface area contributed by atoms with Gasteiger partial charge in [0.05, 0.1) is 16.0 Å². The molecule has 0 aliphatic rings. The van der Waals surface area contributed by atoms with Gasteiger partial charge in [-0.1, -0.05) is 41.9 Å². The van der Waals surface area contributed by atoms with Gasteiger partial charge >= 0.3 is 0 Å². The quantitative estimate of drug-likeness (QED) is 0.251. The third kappa shape index (κ3) is 3.81. The number of phenols is 1. The normalized spacial score (nSPS) is 12.2. The van der Waals surface area contributed by atoms with E-state index in [4.69, 9.17) is 11.6 Å². The fourth-order valence-electron chi connectivity index (χ4n) is 3.24. The Hall–Kier alpha value is -3.55. The van der Waals surface area contributed by atoms with E-state index in [-0.39, 0.29) is 21.8 Å². The number of rotatable bonds is 5. The Morgan fingerprint density at radius 2 is 1.61 bits per heavy atom. The number of hydrogen-bond acceptors (Lipinski definition) is 5. The van der Waals surface area contributed by atoms with Crippen LogP contribution in [0.4, 0.5) is 0 Å². The number of fused-ring (bicyclic) bond motifs is 1. The van der Waals surface area contributed by atoms with Gasteiger partial charge in [-0.25, -0.2) is 12.4 Å². The lowest BCUT2D eigenvalue weighted by Crippen LogP contribution is -2.11. The Morgan fingerprint density at radius 3 is 2.32 bits per heavy atom. The number of phenolic OH excluding ortho intramolecular Hbond substituents is 1. The maximum absolute atomic E-state index is 13.2. The Labute approximate surface area is 183 Å². The van der Waals surface area contributed by atoms with Crippen molar-refractivity contribution in [3.8, 4) is 5.75 Å². The third-order valence-corrected chi connectivity index (χ3v) is 6.67. The number of aromatic hydroxyl groups is 1. The van der Waals surface area contributed by atoms with Crippen molar-refractivity contribution >= 4 is 44.1 Å². The molecule has 2 N–H and O–H groups in total. The fraction of sp³-hybridized carbons (Fsp3) is 0. The number of carbonyl (C=O) groups excluding carboxylic acids is 1. The van der Waals surface area contributed by atoms with Crippen LogP contribution < -0.4 is 0 Å². The molecule has 8 heteroatoms. The number of aliphatic hydroxyl groups is 1. The number of aliphatic hydroxyl groups excluding tert-OH is 1. The molecule has 0 saturated heterocycles. The van der Waals surface area contributed by atoms with Crippen LogP contribution in [0.2, 0.25) is 5.02 Å². The van der Waals surface area contributed by atoms with Crippen LogP contribution in [0.25, 0.3) is 16.7 Å². The Balaban J connectivity index is 1.89. The van der Waals surface area contributed by atoms with Crippen LogP contribution in [0.15, 0.2) is 90.0 Å². The molecular weight excluding hydrogens is 438 g/mol. The van der Waals surface area contributed by atoms with Gasteiger partial charge in [-0.2, -0.15) is 0 Å². The lowest BCUT2D eigenvalue weighted by molar-refractivity contribution is 0.104. The predicted octanol–water partition coefficient (Wildman–Crippen LogP) is 5.02. The molecule has 1 aromatic heterocycles. The Morgan fingerprint density at radius 1 is 0.935 bits per heavy atom. The molecule has 156 valence electrons. The first-order chi connectivity index (χ1) is 14.8. The van der Waals surface area contributed by atoms with Crippen LogP contribution in [-0.2, 0) is 10.0 Å². The number of nitrogens with zero attached hydrogens (tertiary/aromatic N) is 1. The zero-order valence-electron chi connectivity index (χ0n) is 15.9. The first kappa shape index (κ1) is 20.7. The van der Waals surface area contributed by atoms with E-state index < -0.39 is 21.6 Å². The van der Waals surface area contributed by atoms with Gasteiger partial charge in [0, 0.05) is 28.2 Å². The average molecular weight is 454 g/mol. The standard InChI is InChI=1S/C23H16ClNO5S/c24-15-10-11-20-18(12-15)19(14-25(20)31(29,30)16-6-2-1-3-7-16)23(28)13-22(27)17-8-4-5-9-21(17)26/h1-14,26,28H. The number of aromatic nitrogens is 1. The van der Waals surface area contributed by atoms with Gasteiger partial charge in [0.2, 0.25) is 0 Å². The summed E-state index contributed by atoms with van der Waals surface area (Å²) in [5, 5.41) is 21.3. The molecule has 0 spiro atoms. The van der Waals surface area contributed by atoms with Crippen molar-refractivity contribution in [2.75, 3.05) is 0 Å². The number of allylic oxidation sites excluding steroid dienone is 1. The zero-order chi connectivity index (χ0) is 22.2. The van der Waals surface area contributed by atoms with Gasteiger partial charge in [0.15, 0.2) is 5.78 Å². The van der Waals surface area contributed by atoms with E-state index in [9.17, 15) is 23.4 Å². The highest BCUT2D eigenvalue weighted by Gasteiger charge is 2.23. The van der Waals surface area contributed by atoms with Gasteiger partial charge < -0.3 is 10.2 Å². The molecule has 0 fully saturated rings. The summed E-state index contributed by atoms with van der Waals surface area (Å²) in [7, 11) is -3.97. The molecule has 3 aromatic carbocycles. The lowest BCUT2D eigenvalue weighted by atomic mass is 10.1. The second-order valence-electron chi connectivity index (χ2n) is 6.73. The van der Waals surface area contributed by atoms with Crippen LogP contribution in [0.5, 0.6) is 5.75 Å². The van der Waals surface area contributed by atoms with Crippen molar-refractivity contribution in [3.63, 3.8) is 0 Å². The summed E-state index contributed by atoms with van der Waals surface area (Å²) in [5.41, 5.74) is 0.409. The lowest BCUT2D eigenvalue weighted by Gasteiger charge is -2.07. The fourth-order valence-corrected chi connectivity index (χ4v) is 4.81. The van der Waals surface area contributed by atoms with Crippen molar-refractivity contribution in [3.05, 3.63) is 101 Å². The maximum atomic E-state index is 13.2. The second kappa shape index (κ2) is 7.94. The van der Waals surface area contributed by atoms with Gasteiger partial charge in [0.25, 0.3) is 10.0 Å². The summed E-state index contributed by atoms with van der Waals surface area (Å²) in [6.45, 7) is 0. The molecule has 0 atom stereocenters. The van der Waals surface area contributed by atoms with Crippen LogP contribution in [0.3, 0.4) is 0 Å². The smallest absolute Gasteiger partial charge is 0.268 e. The summed E-state index contributed by atoms with van der Waals surface area (Å²) < 4.78 is 27.4. The van der Waals surface area contributed by atoms with Crippen molar-refractivity contribution in [2.45, 2.75) is 4.90 Å². The van der Waals surface area contributed by atoms with Gasteiger partial charge in [-0.3, -0.25) is 4.79 Å². The molecule has 0 radical (unpaired) electrons. The summed E-state index contributed by atoms with van der Waals surface area (Å²) >= 11 is 6.10. The van der Waals surface area contributed by atoms with Crippen LogP contribution in [0.1, 0.15) is 15.9 Å². The molecule has 1 heterocycles. The first-order valence-corrected chi connectivity index (χ1v) is 11.0. The minimum Gasteiger partial charge on any atom is -0.507 e. The highest BCUT2D eigenvalue weighted by Crippen LogP contribution is 2.32. The van der Waals surface area contributed by atoms with Gasteiger partial charge in [-0.15, -0.1) is 0 Å². The molecule has 0 bridgehead atoms. The number of carbonyl (C=O) groups is 1. The van der Waals surface area contributed by atoms with Crippen molar-refractivity contribution < 1.29 is 23.4 Å². The van der Waals surface area contributed by atoms with E-state index in [0.717, 1.165) is 10.0 Å². The summed E-state index contributed by atoms with van der Waals surface area (Å²) in [4.78, 5) is 12.6. The molecule has 4 rings (SSSR count). The highest BCUT2D eigenvalue weighted by atomic mass is 35.5. The van der Waals surface area contributed by atoms with E-state index in [1.807, 2.05) is 0 Å². The number of benzene rings is 3. The molecular formula is C23H16ClNO5S. The molecule has 0 amide bonds. The predicted molar refractivity (Wildman–Crippen MR) is 119 cm³/mol. The number of para-hydroxylation sites is 1. The van der Waals surface area contributed by atoms with E-state index in [1.165, 1.54) is 42.6 Å². The minimum atomic E-state index is -3.97. The maximum Gasteiger partial charge on any atom is 0.268 e. The van der Waals surface area contributed by atoms with E-state index in [0.29, 0.717) is 15.9 Å². The summed E-state index contributed by atoms with van der Waals surface area (Å²) in [6.07, 6.45) is 2.18. The van der Waals surface area contributed by atoms with Crippen molar-refractivity contribution in [2.24, 2.45) is 0 Å². The highest BCUT2D eigenvalue weighted by molar-refractivity contribution is 7.90. The van der Waals surface area contributed by atoms with Crippen molar-refractivity contribution in [1.82, 2.24) is 3.97 Å². The molecule has 0 aliphatic heterocycles. The van der Waals surface area contributed by atoms with Gasteiger partial charge in [0.1, 0.15) is 11.5 Å². The third-order valence-electron chi connectivity index (χ3n) is 4.75. The minimum absolute atomic E-state index is 0.00716. The first-order valence-electron chi connectivity index (χ1n) is 9.13. The summed E-state index contributed by atoms with van der Waals surface area (Å²) in [6, 6.07) is 18.4. The molecule has 6 nitrogen and oxygen atoms in total. The molecule has 0 aliphatic carbocycles. The molecule has 0 unspecified atom stereocenters. The Kier molecular flexibility index (Phi) is 5.31. The topological polar surface area (TPSA) is 96.6 Å². The van der Waals surface area contributed by atoms with E-state index in [1.54, 1.807) is 36.4 Å². The second-order valence-corrected chi connectivity index (χ2v) is 8.98. The molecule has 4 aromatic rings. The van der Waals surface area contributed by atoms with Crippen molar-refractivity contribution in [1.29, 1.82) is 0 Å². The SMILES string of the molecule is O=C(C=C(O)c1cn(S(=O)(=O)c2ccccc2)c2ccc(Cl)cc12)c1ccccc1O. The number of halogens is 1. The van der Waals surface area contributed by atoms with Crippen LogP contribution >= 0.6 is 11.6 Å². The van der Waals surface area contributed by atoms with E-state index in [2.05, 4.69) is 0 Å². The summed E-state index contributed by atoms with van der Waals surface area (Å²) in [5.74, 6) is -1.32.